The topological polar surface area (TPSA) is 92.9 Å². The van der Waals surface area contributed by atoms with E-state index in [1.807, 2.05) is 0 Å². The van der Waals surface area contributed by atoms with Gasteiger partial charge in [-0.15, -0.1) is 0 Å². The molecule has 2 heterocycles. The summed E-state index contributed by atoms with van der Waals surface area (Å²) in [5.74, 6) is -1.22. The van der Waals surface area contributed by atoms with Crippen LogP contribution in [0.1, 0.15) is 19.8 Å². The number of aliphatic carboxylic acids is 1. The van der Waals surface area contributed by atoms with Crippen LogP contribution < -0.4 is 5.73 Å². The minimum Gasteiger partial charge on any atom is -0.481 e. The Morgan fingerprint density at radius 3 is 2.72 bits per heavy atom. The van der Waals surface area contributed by atoms with Crippen LogP contribution in [0.2, 0.25) is 0 Å². The zero-order chi connectivity index (χ0) is 13.3. The van der Waals surface area contributed by atoms with Crippen LogP contribution in [0.5, 0.6) is 0 Å². The monoisotopic (exact) mass is 256 g/mol. The van der Waals surface area contributed by atoms with Crippen LogP contribution in [0, 0.1) is 11.3 Å². The van der Waals surface area contributed by atoms with Crippen LogP contribution >= 0.6 is 0 Å². The van der Waals surface area contributed by atoms with Crippen molar-refractivity contribution in [2.75, 3.05) is 26.3 Å². The predicted octanol–water partition coefficient (Wildman–Crippen LogP) is -0.327. The van der Waals surface area contributed by atoms with E-state index in [4.69, 9.17) is 10.5 Å². The maximum absolute atomic E-state index is 12.3. The quantitative estimate of drug-likeness (QED) is 0.706. The number of nitrogens with zero attached hydrogens (tertiary/aromatic N) is 1. The second kappa shape index (κ2) is 4.85. The Balaban J connectivity index is 2.05. The number of hydrogen-bond donors (Lipinski definition) is 2. The molecule has 2 rings (SSSR count). The van der Waals surface area contributed by atoms with Gasteiger partial charge in [0, 0.05) is 19.1 Å². The number of carboxylic acid groups (broad SMARTS) is 1. The third-order valence-corrected chi connectivity index (χ3v) is 3.97. The lowest BCUT2D eigenvalue weighted by Gasteiger charge is -2.38. The molecule has 0 aliphatic carbocycles. The first-order valence-electron chi connectivity index (χ1n) is 6.29. The molecule has 0 radical (unpaired) electrons. The highest BCUT2D eigenvalue weighted by molar-refractivity contribution is 5.82. The summed E-state index contributed by atoms with van der Waals surface area (Å²) in [6.07, 6.45) is 1.33. The summed E-state index contributed by atoms with van der Waals surface area (Å²) in [6, 6.07) is -0.268. The minimum absolute atomic E-state index is 0.0628. The Morgan fingerprint density at radius 1 is 1.44 bits per heavy atom. The van der Waals surface area contributed by atoms with Gasteiger partial charge in [-0.2, -0.15) is 0 Å². The number of carboxylic acids is 1. The SMILES string of the molecule is CC1(C(=O)O)CCCN(C(=O)C2COCC2N)C1. The number of likely N-dealkylation sites (tertiary alicyclic amines) is 1. The lowest BCUT2D eigenvalue weighted by molar-refractivity contribution is -0.154. The number of carbonyl (C=O) groups excluding carboxylic acids is 1. The third kappa shape index (κ3) is 2.35. The average molecular weight is 256 g/mol. The van der Waals surface area contributed by atoms with Crippen LogP contribution in [-0.4, -0.2) is 54.2 Å². The molecule has 2 fully saturated rings. The summed E-state index contributed by atoms with van der Waals surface area (Å²) >= 11 is 0. The maximum atomic E-state index is 12.3. The van der Waals surface area contributed by atoms with Crippen molar-refractivity contribution < 1.29 is 19.4 Å². The molecule has 102 valence electrons. The fourth-order valence-electron chi connectivity index (χ4n) is 2.66. The summed E-state index contributed by atoms with van der Waals surface area (Å²) in [7, 11) is 0. The van der Waals surface area contributed by atoms with Gasteiger partial charge in [0.15, 0.2) is 0 Å². The largest absolute Gasteiger partial charge is 0.481 e. The van der Waals surface area contributed by atoms with E-state index in [2.05, 4.69) is 0 Å². The van der Waals surface area contributed by atoms with Crippen molar-refractivity contribution in [3.63, 3.8) is 0 Å². The highest BCUT2D eigenvalue weighted by Crippen LogP contribution is 2.31. The lowest BCUT2D eigenvalue weighted by Crippen LogP contribution is -2.52. The van der Waals surface area contributed by atoms with Crippen LogP contribution in [0.4, 0.5) is 0 Å². The summed E-state index contributed by atoms with van der Waals surface area (Å²) in [5, 5.41) is 9.23. The Morgan fingerprint density at radius 2 is 2.17 bits per heavy atom. The standard InChI is InChI=1S/C12H20N2O4/c1-12(11(16)17)3-2-4-14(7-12)10(15)8-5-18-6-9(8)13/h8-9H,2-7,13H2,1H3,(H,16,17). The predicted molar refractivity (Wildman–Crippen MR) is 63.8 cm³/mol. The number of hydrogen-bond acceptors (Lipinski definition) is 4. The van der Waals surface area contributed by atoms with Crippen molar-refractivity contribution in [1.82, 2.24) is 4.90 Å². The molecule has 6 heteroatoms. The molecule has 2 aliphatic rings. The van der Waals surface area contributed by atoms with Gasteiger partial charge in [0.2, 0.25) is 5.91 Å². The molecule has 3 atom stereocenters. The number of nitrogens with two attached hydrogens (primary N) is 1. The summed E-state index contributed by atoms with van der Waals surface area (Å²) < 4.78 is 5.19. The first kappa shape index (κ1) is 13.3. The van der Waals surface area contributed by atoms with E-state index in [0.29, 0.717) is 26.2 Å². The van der Waals surface area contributed by atoms with E-state index in [0.717, 1.165) is 6.42 Å². The lowest BCUT2D eigenvalue weighted by atomic mass is 9.81. The Hall–Kier alpha value is -1.14. The van der Waals surface area contributed by atoms with Crippen LogP contribution in [-0.2, 0) is 14.3 Å². The Kier molecular flexibility index (Phi) is 3.59. The van der Waals surface area contributed by atoms with E-state index in [1.54, 1.807) is 11.8 Å². The molecule has 18 heavy (non-hydrogen) atoms. The smallest absolute Gasteiger partial charge is 0.311 e. The number of amides is 1. The van der Waals surface area contributed by atoms with E-state index >= 15 is 0 Å². The van der Waals surface area contributed by atoms with Crippen molar-refractivity contribution in [2.24, 2.45) is 17.1 Å². The number of piperidine rings is 1. The normalized spacial score (nSPS) is 36.7. The zero-order valence-corrected chi connectivity index (χ0v) is 10.6. The van der Waals surface area contributed by atoms with Gasteiger partial charge in [0.05, 0.1) is 24.5 Å². The van der Waals surface area contributed by atoms with Crippen LogP contribution in [0.3, 0.4) is 0 Å². The molecule has 0 saturated carbocycles. The van der Waals surface area contributed by atoms with Crippen molar-refractivity contribution >= 4 is 11.9 Å². The molecule has 0 spiro atoms. The van der Waals surface area contributed by atoms with Gasteiger partial charge >= 0.3 is 5.97 Å². The molecule has 6 nitrogen and oxygen atoms in total. The summed E-state index contributed by atoms with van der Waals surface area (Å²) in [5.41, 5.74) is 4.99. The van der Waals surface area contributed by atoms with Gasteiger partial charge in [0.1, 0.15) is 0 Å². The molecule has 0 aromatic rings. The van der Waals surface area contributed by atoms with E-state index in [-0.39, 0.29) is 24.4 Å². The van der Waals surface area contributed by atoms with E-state index in [1.165, 1.54) is 0 Å². The number of ether oxygens (including phenoxy) is 1. The van der Waals surface area contributed by atoms with Gasteiger partial charge < -0.3 is 20.5 Å². The number of rotatable bonds is 2. The van der Waals surface area contributed by atoms with Crippen molar-refractivity contribution in [1.29, 1.82) is 0 Å². The maximum Gasteiger partial charge on any atom is 0.311 e. The zero-order valence-electron chi connectivity index (χ0n) is 10.6. The van der Waals surface area contributed by atoms with Crippen LogP contribution in [0.15, 0.2) is 0 Å². The highest BCUT2D eigenvalue weighted by Gasteiger charge is 2.42. The Labute approximate surface area is 106 Å². The van der Waals surface area contributed by atoms with Crippen LogP contribution in [0.25, 0.3) is 0 Å². The van der Waals surface area contributed by atoms with E-state index in [9.17, 15) is 14.7 Å². The minimum atomic E-state index is -0.841. The van der Waals surface area contributed by atoms with Gasteiger partial charge in [-0.3, -0.25) is 9.59 Å². The van der Waals surface area contributed by atoms with Gasteiger partial charge in [0.25, 0.3) is 0 Å². The molecule has 0 bridgehead atoms. The summed E-state index contributed by atoms with van der Waals surface area (Å²) in [6.45, 7) is 3.33. The highest BCUT2D eigenvalue weighted by atomic mass is 16.5. The molecule has 2 aliphatic heterocycles. The molecule has 2 saturated heterocycles. The third-order valence-electron chi connectivity index (χ3n) is 3.97. The van der Waals surface area contributed by atoms with Crippen molar-refractivity contribution in [3.05, 3.63) is 0 Å². The first-order chi connectivity index (χ1) is 8.44. The number of carbonyl (C=O) groups is 2. The molecule has 0 aromatic carbocycles. The van der Waals surface area contributed by atoms with E-state index < -0.39 is 11.4 Å². The molecule has 1 amide bonds. The van der Waals surface area contributed by atoms with Crippen molar-refractivity contribution in [3.8, 4) is 0 Å². The first-order valence-corrected chi connectivity index (χ1v) is 6.29. The second-order valence-corrected chi connectivity index (χ2v) is 5.54. The average Bonchev–Trinajstić information content (AvgIpc) is 2.74. The molecular formula is C12H20N2O4. The fourth-order valence-corrected chi connectivity index (χ4v) is 2.66. The second-order valence-electron chi connectivity index (χ2n) is 5.54. The molecule has 0 aromatic heterocycles. The summed E-state index contributed by atoms with van der Waals surface area (Å²) in [4.78, 5) is 25.2. The van der Waals surface area contributed by atoms with Gasteiger partial charge in [-0.25, -0.2) is 0 Å². The van der Waals surface area contributed by atoms with Gasteiger partial charge in [-0.05, 0) is 19.8 Å². The fraction of sp³-hybridized carbons (Fsp3) is 0.833. The van der Waals surface area contributed by atoms with Gasteiger partial charge in [-0.1, -0.05) is 0 Å². The van der Waals surface area contributed by atoms with Crippen molar-refractivity contribution in [2.45, 2.75) is 25.8 Å². The molecular weight excluding hydrogens is 236 g/mol. The molecule has 3 unspecified atom stereocenters. The Bertz CT molecular complexity index is 360. The molecule has 3 N–H and O–H groups in total.